The van der Waals surface area contributed by atoms with Gasteiger partial charge in [0.1, 0.15) is 6.04 Å². The molecule has 0 bridgehead atoms. The van der Waals surface area contributed by atoms with Crippen LogP contribution in [0.25, 0.3) is 0 Å². The maximum absolute atomic E-state index is 13.0. The third kappa shape index (κ3) is 5.68. The minimum absolute atomic E-state index is 0.0770. The zero-order chi connectivity index (χ0) is 21.7. The zero-order valence-electron chi connectivity index (χ0n) is 17.5. The lowest BCUT2D eigenvalue weighted by Gasteiger charge is -2.35. The van der Waals surface area contributed by atoms with Crippen LogP contribution < -0.4 is 4.72 Å². The normalized spacial score (nSPS) is 17.5. The van der Waals surface area contributed by atoms with Gasteiger partial charge in [0.2, 0.25) is 15.9 Å². The van der Waals surface area contributed by atoms with Gasteiger partial charge < -0.3 is 10.0 Å². The highest BCUT2D eigenvalue weighted by Gasteiger charge is 2.34. The van der Waals surface area contributed by atoms with Crippen LogP contribution in [-0.4, -0.2) is 49.6 Å². The number of carbonyl (C=O) groups excluding carboxylic acids is 1. The quantitative estimate of drug-likeness (QED) is 0.707. The molecule has 2 aromatic carbocycles. The Bertz CT molecular complexity index is 935. The fraction of sp³-hybridized carbons (Fsp3) is 0.435. The van der Waals surface area contributed by atoms with Crippen molar-refractivity contribution in [2.45, 2.75) is 50.2 Å². The van der Waals surface area contributed by atoms with Crippen molar-refractivity contribution in [1.29, 1.82) is 0 Å². The molecule has 0 aromatic heterocycles. The van der Waals surface area contributed by atoms with Crippen molar-refractivity contribution in [2.75, 3.05) is 13.1 Å². The number of benzene rings is 2. The smallest absolute Gasteiger partial charge is 0.243 e. The van der Waals surface area contributed by atoms with Crippen molar-refractivity contribution in [3.63, 3.8) is 0 Å². The van der Waals surface area contributed by atoms with Gasteiger partial charge in [-0.3, -0.25) is 4.79 Å². The van der Waals surface area contributed by atoms with Gasteiger partial charge in [-0.15, -0.1) is 0 Å². The summed E-state index contributed by atoms with van der Waals surface area (Å²) < 4.78 is 27.8. The van der Waals surface area contributed by atoms with Crippen molar-refractivity contribution in [2.24, 2.45) is 5.92 Å². The van der Waals surface area contributed by atoms with E-state index < -0.39 is 22.2 Å². The highest BCUT2D eigenvalue weighted by atomic mass is 32.2. The lowest BCUT2D eigenvalue weighted by Crippen LogP contribution is -2.55. The first-order valence-corrected chi connectivity index (χ1v) is 11.8. The second-order valence-corrected chi connectivity index (χ2v) is 9.82. The number of aryl methyl sites for hydroxylation is 1. The molecule has 0 saturated carbocycles. The molecule has 0 radical (unpaired) electrons. The molecule has 30 heavy (non-hydrogen) atoms. The third-order valence-electron chi connectivity index (χ3n) is 5.66. The van der Waals surface area contributed by atoms with Gasteiger partial charge in [0.25, 0.3) is 0 Å². The van der Waals surface area contributed by atoms with E-state index in [9.17, 15) is 18.3 Å². The molecule has 3 rings (SSSR count). The number of aliphatic hydroxyl groups excluding tert-OH is 1. The van der Waals surface area contributed by atoms with Gasteiger partial charge in [0.15, 0.2) is 0 Å². The number of hydrogen-bond donors (Lipinski definition) is 2. The predicted octanol–water partition coefficient (Wildman–Crippen LogP) is 2.50. The first kappa shape index (κ1) is 22.5. The SMILES string of the molecule is Cc1ccc(S(=O)(=O)NC(C(=O)N2CCC(Cc3ccccc3)CC2)C(C)O)cc1. The highest BCUT2D eigenvalue weighted by molar-refractivity contribution is 7.89. The number of sulfonamides is 1. The molecule has 2 atom stereocenters. The first-order chi connectivity index (χ1) is 14.3. The molecule has 2 aromatic rings. The molecule has 0 spiro atoms. The average molecular weight is 431 g/mol. The highest BCUT2D eigenvalue weighted by Crippen LogP contribution is 2.23. The van der Waals surface area contributed by atoms with Gasteiger partial charge in [-0.2, -0.15) is 4.72 Å². The van der Waals surface area contributed by atoms with Crippen LogP contribution in [0.4, 0.5) is 0 Å². The Morgan fingerprint density at radius 2 is 1.70 bits per heavy atom. The Morgan fingerprint density at radius 3 is 2.27 bits per heavy atom. The third-order valence-corrected chi connectivity index (χ3v) is 7.11. The van der Waals surface area contributed by atoms with E-state index in [1.807, 2.05) is 25.1 Å². The van der Waals surface area contributed by atoms with Gasteiger partial charge in [0.05, 0.1) is 11.0 Å². The van der Waals surface area contributed by atoms with Crippen molar-refractivity contribution in [3.05, 3.63) is 65.7 Å². The summed E-state index contributed by atoms with van der Waals surface area (Å²) in [6.07, 6.45) is 1.55. The van der Waals surface area contributed by atoms with Crippen molar-refractivity contribution >= 4 is 15.9 Å². The molecule has 1 saturated heterocycles. The van der Waals surface area contributed by atoms with E-state index in [-0.39, 0.29) is 10.8 Å². The van der Waals surface area contributed by atoms with E-state index >= 15 is 0 Å². The molecule has 1 aliphatic heterocycles. The van der Waals surface area contributed by atoms with E-state index in [0.717, 1.165) is 24.8 Å². The molecule has 2 N–H and O–H groups in total. The number of amides is 1. The van der Waals surface area contributed by atoms with Gasteiger partial charge in [0, 0.05) is 13.1 Å². The lowest BCUT2D eigenvalue weighted by atomic mass is 9.90. The Labute approximate surface area is 179 Å². The Kier molecular flexibility index (Phi) is 7.28. The number of hydrogen-bond acceptors (Lipinski definition) is 4. The van der Waals surface area contributed by atoms with Crippen molar-refractivity contribution < 1.29 is 18.3 Å². The topological polar surface area (TPSA) is 86.7 Å². The predicted molar refractivity (Wildman–Crippen MR) is 116 cm³/mol. The van der Waals surface area contributed by atoms with Crippen LogP contribution in [0.15, 0.2) is 59.5 Å². The van der Waals surface area contributed by atoms with Gasteiger partial charge in [-0.1, -0.05) is 48.0 Å². The van der Waals surface area contributed by atoms with Crippen LogP contribution >= 0.6 is 0 Å². The summed E-state index contributed by atoms with van der Waals surface area (Å²) in [5, 5.41) is 10.1. The standard InChI is InChI=1S/C23H30N2O4S/c1-17-8-10-21(11-9-17)30(28,29)24-22(18(2)26)23(27)25-14-12-20(13-15-25)16-19-6-4-3-5-7-19/h3-11,18,20,22,24,26H,12-16H2,1-2H3. The van der Waals surface area contributed by atoms with E-state index in [4.69, 9.17) is 0 Å². The van der Waals surface area contributed by atoms with Crippen LogP contribution in [0.3, 0.4) is 0 Å². The number of aliphatic hydroxyl groups is 1. The largest absolute Gasteiger partial charge is 0.391 e. The van der Waals surface area contributed by atoms with E-state index in [1.165, 1.54) is 24.6 Å². The lowest BCUT2D eigenvalue weighted by molar-refractivity contribution is -0.136. The summed E-state index contributed by atoms with van der Waals surface area (Å²) in [7, 11) is -3.91. The zero-order valence-corrected chi connectivity index (χ0v) is 18.3. The van der Waals surface area contributed by atoms with E-state index in [1.54, 1.807) is 17.0 Å². The number of likely N-dealkylation sites (tertiary alicyclic amines) is 1. The summed E-state index contributed by atoms with van der Waals surface area (Å²) >= 11 is 0. The Hall–Kier alpha value is -2.22. The van der Waals surface area contributed by atoms with Crippen LogP contribution in [0.2, 0.25) is 0 Å². The monoisotopic (exact) mass is 430 g/mol. The Balaban J connectivity index is 1.62. The van der Waals surface area contributed by atoms with E-state index in [2.05, 4.69) is 16.9 Å². The molecular weight excluding hydrogens is 400 g/mol. The second kappa shape index (κ2) is 9.73. The maximum Gasteiger partial charge on any atom is 0.243 e. The molecule has 162 valence electrons. The number of carbonyl (C=O) groups is 1. The second-order valence-electron chi connectivity index (χ2n) is 8.11. The summed E-state index contributed by atoms with van der Waals surface area (Å²) in [6.45, 7) is 4.42. The molecule has 1 aliphatic rings. The van der Waals surface area contributed by atoms with Crippen molar-refractivity contribution in [1.82, 2.24) is 9.62 Å². The molecule has 1 amide bonds. The van der Waals surface area contributed by atoms with Crippen LogP contribution in [-0.2, 0) is 21.2 Å². The summed E-state index contributed by atoms with van der Waals surface area (Å²) in [5.41, 5.74) is 2.23. The average Bonchev–Trinajstić information content (AvgIpc) is 2.73. The number of nitrogens with one attached hydrogen (secondary N) is 1. The fourth-order valence-corrected chi connectivity index (χ4v) is 5.07. The minimum Gasteiger partial charge on any atom is -0.391 e. The molecule has 7 heteroatoms. The van der Waals surface area contributed by atoms with Gasteiger partial charge in [-0.05, 0) is 56.7 Å². The summed E-state index contributed by atoms with van der Waals surface area (Å²) in [4.78, 5) is 14.7. The Morgan fingerprint density at radius 1 is 1.10 bits per heavy atom. The minimum atomic E-state index is -3.91. The van der Waals surface area contributed by atoms with Crippen LogP contribution in [0.1, 0.15) is 30.9 Å². The number of rotatable bonds is 7. The first-order valence-electron chi connectivity index (χ1n) is 10.4. The van der Waals surface area contributed by atoms with Gasteiger partial charge >= 0.3 is 0 Å². The molecule has 1 fully saturated rings. The van der Waals surface area contributed by atoms with Crippen LogP contribution in [0.5, 0.6) is 0 Å². The summed E-state index contributed by atoms with van der Waals surface area (Å²) in [6, 6.07) is 15.5. The summed E-state index contributed by atoms with van der Waals surface area (Å²) in [5.74, 6) is 0.115. The number of nitrogens with zero attached hydrogens (tertiary/aromatic N) is 1. The number of piperidine rings is 1. The molecule has 6 nitrogen and oxygen atoms in total. The van der Waals surface area contributed by atoms with E-state index in [0.29, 0.717) is 19.0 Å². The van der Waals surface area contributed by atoms with Crippen LogP contribution in [0, 0.1) is 12.8 Å². The van der Waals surface area contributed by atoms with Gasteiger partial charge in [-0.25, -0.2) is 8.42 Å². The fourth-order valence-electron chi connectivity index (χ4n) is 3.81. The molecule has 2 unspecified atom stereocenters. The molecule has 0 aliphatic carbocycles. The molecular formula is C23H30N2O4S. The van der Waals surface area contributed by atoms with Crippen molar-refractivity contribution in [3.8, 4) is 0 Å². The maximum atomic E-state index is 13.0. The molecule has 1 heterocycles.